The lowest BCUT2D eigenvalue weighted by Gasteiger charge is -2.20. The summed E-state index contributed by atoms with van der Waals surface area (Å²) >= 11 is 0. The van der Waals surface area contributed by atoms with Crippen molar-refractivity contribution < 1.29 is 27.0 Å². The minimum atomic E-state index is -4.84. The molecule has 0 radical (unpaired) electrons. The van der Waals surface area contributed by atoms with E-state index >= 15 is 0 Å². The van der Waals surface area contributed by atoms with Crippen LogP contribution in [0.2, 0.25) is 0 Å². The topological polar surface area (TPSA) is 18.5 Å². The van der Waals surface area contributed by atoms with Crippen LogP contribution in [-0.4, -0.2) is 13.2 Å². The minimum Gasteiger partial charge on any atom is -0.493 e. The Morgan fingerprint density at radius 2 is 1.69 bits per heavy atom. The summed E-state index contributed by atoms with van der Waals surface area (Å²) in [6.45, 7) is 4.36. The van der Waals surface area contributed by atoms with E-state index < -0.39 is 23.3 Å². The first-order valence-electron chi connectivity index (χ1n) is 9.73. The van der Waals surface area contributed by atoms with Crippen LogP contribution in [-0.2, 0) is 6.18 Å². The third-order valence-corrected chi connectivity index (χ3v) is 5.02. The van der Waals surface area contributed by atoms with Crippen LogP contribution in [0, 0.1) is 17.7 Å². The zero-order valence-corrected chi connectivity index (χ0v) is 16.4. The number of rotatable bonds is 6. The van der Waals surface area contributed by atoms with Crippen molar-refractivity contribution in [2.24, 2.45) is 11.8 Å². The summed E-state index contributed by atoms with van der Waals surface area (Å²) < 4.78 is 65.8. The number of alkyl halides is 3. The van der Waals surface area contributed by atoms with Gasteiger partial charge in [-0.3, -0.25) is 0 Å². The average Bonchev–Trinajstić information content (AvgIpc) is 2.68. The van der Waals surface area contributed by atoms with Gasteiger partial charge in [0.05, 0.1) is 13.2 Å². The van der Waals surface area contributed by atoms with E-state index in [9.17, 15) is 17.6 Å². The second kappa shape index (κ2) is 8.89. The summed E-state index contributed by atoms with van der Waals surface area (Å²) in [5, 5.41) is 0. The summed E-state index contributed by atoms with van der Waals surface area (Å²) in [6, 6.07) is 8.71. The van der Waals surface area contributed by atoms with Crippen LogP contribution in [0.3, 0.4) is 0 Å². The first-order valence-corrected chi connectivity index (χ1v) is 9.73. The van der Waals surface area contributed by atoms with E-state index in [1.165, 1.54) is 24.3 Å². The zero-order chi connectivity index (χ0) is 21.0. The van der Waals surface area contributed by atoms with Gasteiger partial charge < -0.3 is 9.47 Å². The molecule has 0 amide bonds. The predicted molar refractivity (Wildman–Crippen MR) is 105 cm³/mol. The van der Waals surface area contributed by atoms with Crippen molar-refractivity contribution >= 4 is 0 Å². The van der Waals surface area contributed by atoms with Gasteiger partial charge in [-0.15, -0.1) is 0 Å². The molecule has 0 heterocycles. The molecule has 2 unspecified atom stereocenters. The highest BCUT2D eigenvalue weighted by atomic mass is 19.4. The third-order valence-electron chi connectivity index (χ3n) is 5.02. The maximum Gasteiger partial charge on any atom is 0.419 e. The van der Waals surface area contributed by atoms with Gasteiger partial charge in [-0.25, -0.2) is 4.39 Å². The molecule has 3 rings (SSSR count). The Labute approximate surface area is 168 Å². The average molecular weight is 408 g/mol. The van der Waals surface area contributed by atoms with E-state index in [1.54, 1.807) is 19.1 Å². The van der Waals surface area contributed by atoms with Crippen LogP contribution in [0.25, 0.3) is 11.1 Å². The Bertz CT molecular complexity index is 856. The van der Waals surface area contributed by atoms with E-state index in [0.717, 1.165) is 12.8 Å². The molecule has 6 heteroatoms. The van der Waals surface area contributed by atoms with Crippen LogP contribution in [0.4, 0.5) is 17.6 Å². The van der Waals surface area contributed by atoms with Gasteiger partial charge in [0.2, 0.25) is 0 Å². The lowest BCUT2D eigenvalue weighted by atomic mass is 9.90. The van der Waals surface area contributed by atoms with Gasteiger partial charge in [0, 0.05) is 5.92 Å². The zero-order valence-electron chi connectivity index (χ0n) is 16.4. The second-order valence-corrected chi connectivity index (χ2v) is 7.27. The van der Waals surface area contributed by atoms with Crippen molar-refractivity contribution in [3.05, 3.63) is 59.9 Å². The fraction of sp³-hybridized carbons (Fsp3) is 0.391. The van der Waals surface area contributed by atoms with Gasteiger partial charge in [0.1, 0.15) is 11.3 Å². The van der Waals surface area contributed by atoms with E-state index in [4.69, 9.17) is 9.47 Å². The van der Waals surface area contributed by atoms with Crippen molar-refractivity contribution in [3.63, 3.8) is 0 Å². The molecule has 0 saturated carbocycles. The molecule has 156 valence electrons. The number of hydrogen-bond acceptors (Lipinski definition) is 2. The fourth-order valence-corrected chi connectivity index (χ4v) is 3.43. The van der Waals surface area contributed by atoms with Crippen molar-refractivity contribution in [2.75, 3.05) is 13.2 Å². The van der Waals surface area contributed by atoms with Gasteiger partial charge in [-0.05, 0) is 61.1 Å². The third kappa shape index (κ3) is 5.11. The second-order valence-electron chi connectivity index (χ2n) is 7.27. The summed E-state index contributed by atoms with van der Waals surface area (Å²) in [6.07, 6.45) is 1.66. The van der Waals surface area contributed by atoms with Crippen LogP contribution in [0.15, 0.2) is 48.6 Å². The molecule has 2 atom stereocenters. The van der Waals surface area contributed by atoms with Gasteiger partial charge in [-0.2, -0.15) is 13.2 Å². The summed E-state index contributed by atoms with van der Waals surface area (Å²) in [7, 11) is 0. The molecule has 1 aliphatic rings. The Balaban J connectivity index is 1.80. The standard InChI is InChI=1S/C23H24F4O2/c1-3-28-20-13-12-19(21(22(20)24)23(25,26)27)17-8-10-18(11-9-17)29-14-16-6-4-15(2)5-7-16/h4,6,8-13,15-16H,3,5,7,14H2,1-2H3. The highest BCUT2D eigenvalue weighted by Gasteiger charge is 2.38. The van der Waals surface area contributed by atoms with Gasteiger partial charge >= 0.3 is 6.18 Å². The monoisotopic (exact) mass is 408 g/mol. The Hall–Kier alpha value is -2.50. The molecular formula is C23H24F4O2. The molecule has 2 aromatic rings. The molecule has 0 fully saturated rings. The molecular weight excluding hydrogens is 384 g/mol. The molecule has 0 spiro atoms. The van der Waals surface area contributed by atoms with Crippen molar-refractivity contribution in [2.45, 2.75) is 32.9 Å². The van der Waals surface area contributed by atoms with Crippen LogP contribution >= 0.6 is 0 Å². The van der Waals surface area contributed by atoms with Crippen molar-refractivity contribution in [1.82, 2.24) is 0 Å². The maximum atomic E-state index is 14.5. The first-order chi connectivity index (χ1) is 13.8. The number of ether oxygens (including phenoxy) is 2. The van der Waals surface area contributed by atoms with Gasteiger partial charge in [-0.1, -0.05) is 31.2 Å². The Kier molecular flexibility index (Phi) is 6.50. The molecule has 2 aromatic carbocycles. The van der Waals surface area contributed by atoms with E-state index in [-0.39, 0.29) is 17.7 Å². The number of halogens is 4. The Morgan fingerprint density at radius 1 is 0.966 bits per heavy atom. The lowest BCUT2D eigenvalue weighted by Crippen LogP contribution is -2.14. The first kappa shape index (κ1) is 21.2. The molecule has 0 saturated heterocycles. The number of allylic oxidation sites excluding steroid dienone is 1. The van der Waals surface area contributed by atoms with Gasteiger partial charge in [0.25, 0.3) is 0 Å². The van der Waals surface area contributed by atoms with Crippen molar-refractivity contribution in [3.8, 4) is 22.6 Å². The molecule has 29 heavy (non-hydrogen) atoms. The molecule has 2 nitrogen and oxygen atoms in total. The highest BCUT2D eigenvalue weighted by molar-refractivity contribution is 5.70. The molecule has 0 aromatic heterocycles. The van der Waals surface area contributed by atoms with E-state index in [2.05, 4.69) is 19.1 Å². The van der Waals surface area contributed by atoms with Crippen LogP contribution in [0.1, 0.15) is 32.3 Å². The van der Waals surface area contributed by atoms with Crippen LogP contribution < -0.4 is 9.47 Å². The molecule has 0 aliphatic heterocycles. The summed E-state index contributed by atoms with van der Waals surface area (Å²) in [5.41, 5.74) is -1.29. The SMILES string of the molecule is CCOc1ccc(-c2ccc(OCC3C=CC(C)CC3)cc2)c(C(F)(F)F)c1F. The summed E-state index contributed by atoms with van der Waals surface area (Å²) in [4.78, 5) is 0. The van der Waals surface area contributed by atoms with E-state index in [1.807, 2.05) is 0 Å². The largest absolute Gasteiger partial charge is 0.493 e. The molecule has 0 bridgehead atoms. The number of hydrogen-bond donors (Lipinski definition) is 0. The molecule has 1 aliphatic carbocycles. The van der Waals surface area contributed by atoms with Crippen molar-refractivity contribution in [1.29, 1.82) is 0 Å². The number of benzene rings is 2. The predicted octanol–water partition coefficient (Wildman–Crippen LogP) is 6.89. The minimum absolute atomic E-state index is 0.0781. The highest BCUT2D eigenvalue weighted by Crippen LogP contribution is 2.42. The fourth-order valence-electron chi connectivity index (χ4n) is 3.43. The lowest BCUT2D eigenvalue weighted by molar-refractivity contribution is -0.139. The smallest absolute Gasteiger partial charge is 0.419 e. The maximum absolute atomic E-state index is 14.5. The normalized spacial score (nSPS) is 19.2. The Morgan fingerprint density at radius 3 is 2.28 bits per heavy atom. The van der Waals surface area contributed by atoms with Crippen LogP contribution in [0.5, 0.6) is 11.5 Å². The van der Waals surface area contributed by atoms with Gasteiger partial charge in [0.15, 0.2) is 11.6 Å². The summed E-state index contributed by atoms with van der Waals surface area (Å²) in [5.74, 6) is -0.305. The molecule has 0 N–H and O–H groups in total. The quantitative estimate of drug-likeness (QED) is 0.383. The van der Waals surface area contributed by atoms with E-state index in [0.29, 0.717) is 24.2 Å².